The molecule has 0 atom stereocenters. The summed E-state index contributed by atoms with van der Waals surface area (Å²) in [4.78, 5) is 10.7. The lowest BCUT2D eigenvalue weighted by Gasteiger charge is -2.07. The van der Waals surface area contributed by atoms with Crippen LogP contribution in [0.1, 0.15) is 25.3 Å². The first-order valence-electron chi connectivity index (χ1n) is 4.95. The highest BCUT2D eigenvalue weighted by Gasteiger charge is 2.04. The van der Waals surface area contributed by atoms with E-state index in [0.717, 1.165) is 0 Å². The minimum Gasteiger partial charge on any atom is -0.492 e. The number of ether oxygens (including phenoxy) is 1. The highest BCUT2D eigenvalue weighted by atomic mass is 35.5. The Morgan fingerprint density at radius 1 is 1.56 bits per heavy atom. The quantitative estimate of drug-likeness (QED) is 0.740. The van der Waals surface area contributed by atoms with Crippen LogP contribution >= 0.6 is 11.6 Å². The van der Waals surface area contributed by atoms with Gasteiger partial charge in [0.2, 0.25) is 0 Å². The van der Waals surface area contributed by atoms with Crippen molar-refractivity contribution < 1.29 is 9.53 Å². The molecule has 0 aromatic heterocycles. The number of nitrogens with zero attached hydrogens (tertiary/aromatic N) is 1. The van der Waals surface area contributed by atoms with E-state index in [0.29, 0.717) is 35.8 Å². The molecule has 1 rings (SSSR count). The van der Waals surface area contributed by atoms with Crippen molar-refractivity contribution in [2.75, 3.05) is 6.61 Å². The monoisotopic (exact) mass is 237 g/mol. The maximum absolute atomic E-state index is 10.7. The molecular weight excluding hydrogens is 226 g/mol. The van der Waals surface area contributed by atoms with E-state index in [1.807, 2.05) is 6.07 Å². The molecule has 0 spiro atoms. The number of carbonyl (C=O) groups excluding carboxylic acids is 1. The third-order valence-electron chi connectivity index (χ3n) is 1.99. The maximum atomic E-state index is 10.7. The van der Waals surface area contributed by atoms with Gasteiger partial charge in [-0.2, -0.15) is 5.26 Å². The van der Waals surface area contributed by atoms with E-state index in [-0.39, 0.29) is 5.78 Å². The molecule has 4 heteroatoms. The van der Waals surface area contributed by atoms with Crippen molar-refractivity contribution in [2.24, 2.45) is 0 Å². The smallest absolute Gasteiger partial charge is 0.138 e. The Bertz CT molecular complexity index is 424. The van der Waals surface area contributed by atoms with Gasteiger partial charge < -0.3 is 9.53 Å². The fourth-order valence-electron chi connectivity index (χ4n) is 1.21. The van der Waals surface area contributed by atoms with Crippen molar-refractivity contribution in [2.45, 2.75) is 19.8 Å². The predicted octanol–water partition coefficient (Wildman–Crippen LogP) is 2.96. The lowest BCUT2D eigenvalue weighted by molar-refractivity contribution is -0.117. The SMILES string of the molecule is CC(=O)CCCOc1cc(Cl)ccc1C#N. The Labute approximate surface area is 99.6 Å². The largest absolute Gasteiger partial charge is 0.492 e. The summed E-state index contributed by atoms with van der Waals surface area (Å²) in [6.07, 6.45) is 1.13. The first-order chi connectivity index (χ1) is 7.63. The lowest BCUT2D eigenvalue weighted by atomic mass is 10.2. The molecule has 0 N–H and O–H groups in total. The molecule has 1 aromatic carbocycles. The number of hydrogen-bond acceptors (Lipinski definition) is 3. The Morgan fingerprint density at radius 2 is 2.31 bits per heavy atom. The van der Waals surface area contributed by atoms with Crippen LogP contribution in [0.5, 0.6) is 5.75 Å². The van der Waals surface area contributed by atoms with Crippen molar-refractivity contribution in [3.8, 4) is 11.8 Å². The standard InChI is InChI=1S/C12H12ClNO2/c1-9(15)3-2-6-16-12-7-11(13)5-4-10(12)8-14/h4-5,7H,2-3,6H2,1H3. The van der Waals surface area contributed by atoms with Crippen LogP contribution in [0, 0.1) is 11.3 Å². The Hall–Kier alpha value is -1.53. The van der Waals surface area contributed by atoms with E-state index in [1.54, 1.807) is 25.1 Å². The van der Waals surface area contributed by atoms with Crippen LogP contribution < -0.4 is 4.74 Å². The number of hydrogen-bond donors (Lipinski definition) is 0. The summed E-state index contributed by atoms with van der Waals surface area (Å²) in [6.45, 7) is 1.95. The van der Waals surface area contributed by atoms with E-state index in [1.165, 1.54) is 0 Å². The Morgan fingerprint density at radius 3 is 2.94 bits per heavy atom. The topological polar surface area (TPSA) is 50.1 Å². The van der Waals surface area contributed by atoms with Gasteiger partial charge in [-0.3, -0.25) is 0 Å². The molecule has 1 aromatic rings. The molecule has 16 heavy (non-hydrogen) atoms. The predicted molar refractivity (Wildman–Crippen MR) is 61.6 cm³/mol. The van der Waals surface area contributed by atoms with Crippen molar-refractivity contribution in [1.29, 1.82) is 5.26 Å². The van der Waals surface area contributed by atoms with Gasteiger partial charge in [0.05, 0.1) is 12.2 Å². The first-order valence-corrected chi connectivity index (χ1v) is 5.33. The van der Waals surface area contributed by atoms with Gasteiger partial charge in [-0.05, 0) is 25.5 Å². The summed E-state index contributed by atoms with van der Waals surface area (Å²) in [6, 6.07) is 6.88. The summed E-state index contributed by atoms with van der Waals surface area (Å²) >= 11 is 5.79. The zero-order chi connectivity index (χ0) is 12.0. The minimum absolute atomic E-state index is 0.134. The molecule has 0 heterocycles. The molecule has 0 fully saturated rings. The van der Waals surface area contributed by atoms with Gasteiger partial charge in [0, 0.05) is 17.5 Å². The molecular formula is C12H12ClNO2. The van der Waals surface area contributed by atoms with Gasteiger partial charge >= 0.3 is 0 Å². The molecule has 0 aliphatic rings. The summed E-state index contributed by atoms with van der Waals surface area (Å²) in [5.41, 5.74) is 0.451. The van der Waals surface area contributed by atoms with Gasteiger partial charge in [0.1, 0.15) is 17.6 Å². The molecule has 0 aliphatic heterocycles. The summed E-state index contributed by atoms with van der Waals surface area (Å²) < 4.78 is 5.40. The van der Waals surface area contributed by atoms with Gasteiger partial charge in [0.25, 0.3) is 0 Å². The number of halogens is 1. The zero-order valence-corrected chi connectivity index (χ0v) is 9.75. The number of ketones is 1. The van der Waals surface area contributed by atoms with Crippen LogP contribution in [0.15, 0.2) is 18.2 Å². The van der Waals surface area contributed by atoms with Crippen LogP contribution in [-0.4, -0.2) is 12.4 Å². The highest BCUT2D eigenvalue weighted by Crippen LogP contribution is 2.22. The fourth-order valence-corrected chi connectivity index (χ4v) is 1.37. The Balaban J connectivity index is 2.56. The van der Waals surface area contributed by atoms with Gasteiger partial charge in [-0.25, -0.2) is 0 Å². The number of nitriles is 1. The van der Waals surface area contributed by atoms with Crippen LogP contribution in [0.4, 0.5) is 0 Å². The fraction of sp³-hybridized carbons (Fsp3) is 0.333. The Kier molecular flexibility index (Phi) is 4.81. The molecule has 84 valence electrons. The van der Waals surface area contributed by atoms with Crippen LogP contribution in [0.2, 0.25) is 5.02 Å². The molecule has 3 nitrogen and oxygen atoms in total. The number of benzene rings is 1. The van der Waals surface area contributed by atoms with Crippen LogP contribution in [0.25, 0.3) is 0 Å². The molecule has 0 radical (unpaired) electrons. The maximum Gasteiger partial charge on any atom is 0.138 e. The number of carbonyl (C=O) groups is 1. The van der Waals surface area contributed by atoms with E-state index in [9.17, 15) is 4.79 Å². The first kappa shape index (κ1) is 12.5. The van der Waals surface area contributed by atoms with Gasteiger partial charge in [0.15, 0.2) is 0 Å². The highest BCUT2D eigenvalue weighted by molar-refractivity contribution is 6.30. The molecule has 0 saturated carbocycles. The summed E-state index contributed by atoms with van der Waals surface area (Å²) in [7, 11) is 0. The summed E-state index contributed by atoms with van der Waals surface area (Å²) in [5, 5.41) is 9.36. The van der Waals surface area contributed by atoms with Gasteiger partial charge in [-0.15, -0.1) is 0 Å². The third-order valence-corrected chi connectivity index (χ3v) is 2.23. The van der Waals surface area contributed by atoms with E-state index >= 15 is 0 Å². The lowest BCUT2D eigenvalue weighted by Crippen LogP contribution is -2.01. The van der Waals surface area contributed by atoms with Crippen molar-refractivity contribution >= 4 is 17.4 Å². The van der Waals surface area contributed by atoms with Gasteiger partial charge in [-0.1, -0.05) is 11.6 Å². The zero-order valence-electron chi connectivity index (χ0n) is 9.00. The van der Waals surface area contributed by atoms with Crippen LogP contribution in [-0.2, 0) is 4.79 Å². The van der Waals surface area contributed by atoms with E-state index < -0.39 is 0 Å². The van der Waals surface area contributed by atoms with Crippen molar-refractivity contribution in [3.05, 3.63) is 28.8 Å². The molecule has 0 bridgehead atoms. The number of rotatable bonds is 5. The van der Waals surface area contributed by atoms with Crippen LogP contribution in [0.3, 0.4) is 0 Å². The minimum atomic E-state index is 0.134. The second-order valence-corrected chi connectivity index (χ2v) is 3.84. The molecule has 0 unspecified atom stereocenters. The van der Waals surface area contributed by atoms with E-state index in [2.05, 4.69) is 0 Å². The average Bonchev–Trinajstić information content (AvgIpc) is 2.24. The second kappa shape index (κ2) is 6.14. The molecule has 0 amide bonds. The number of Topliss-reactive ketones (excluding diaryl/α,β-unsaturated/α-hetero) is 1. The normalized spacial score (nSPS) is 9.56. The van der Waals surface area contributed by atoms with E-state index in [4.69, 9.17) is 21.6 Å². The van der Waals surface area contributed by atoms with Crippen molar-refractivity contribution in [1.82, 2.24) is 0 Å². The summed E-state index contributed by atoms with van der Waals surface area (Å²) in [5.74, 6) is 0.605. The third kappa shape index (κ3) is 3.92. The molecule has 0 saturated heterocycles. The average molecular weight is 238 g/mol. The van der Waals surface area contributed by atoms with Crippen molar-refractivity contribution in [3.63, 3.8) is 0 Å². The molecule has 0 aliphatic carbocycles. The second-order valence-electron chi connectivity index (χ2n) is 3.41.